The number of fused-ring (bicyclic) bond motifs is 1. The van der Waals surface area contributed by atoms with Gasteiger partial charge in [0.05, 0.1) is 14.2 Å². The van der Waals surface area contributed by atoms with Gasteiger partial charge in [0.2, 0.25) is 5.91 Å². The number of ether oxygens (including phenoxy) is 2. The van der Waals surface area contributed by atoms with E-state index in [1.807, 2.05) is 24.8 Å². The molecule has 7 heteroatoms. The quantitative estimate of drug-likeness (QED) is 0.546. The minimum absolute atomic E-state index is 0.0319. The molecule has 1 aliphatic rings. The van der Waals surface area contributed by atoms with Crippen molar-refractivity contribution >= 4 is 22.7 Å². The molecular weight excluding hydrogens is 430 g/mol. The second kappa shape index (κ2) is 10.2. The number of carbonyl (C=O) groups is 2. The first-order valence-electron chi connectivity index (χ1n) is 11.8. The van der Waals surface area contributed by atoms with E-state index in [4.69, 9.17) is 9.47 Å². The van der Waals surface area contributed by atoms with Crippen molar-refractivity contribution < 1.29 is 19.1 Å². The fraction of sp³-hybridized carbons (Fsp3) is 0.407. The molecule has 4 rings (SSSR count). The van der Waals surface area contributed by atoms with Crippen LogP contribution in [0.4, 0.5) is 0 Å². The smallest absolute Gasteiger partial charge is 0.252 e. The van der Waals surface area contributed by atoms with Crippen molar-refractivity contribution in [3.63, 3.8) is 0 Å². The molecule has 2 N–H and O–H groups in total. The van der Waals surface area contributed by atoms with Gasteiger partial charge in [0.25, 0.3) is 5.91 Å². The zero-order valence-electron chi connectivity index (χ0n) is 20.3. The Bertz CT molecular complexity index is 1140. The van der Waals surface area contributed by atoms with E-state index in [0.29, 0.717) is 36.1 Å². The predicted octanol–water partition coefficient (Wildman–Crippen LogP) is 4.35. The molecule has 1 aromatic heterocycles. The van der Waals surface area contributed by atoms with Gasteiger partial charge in [-0.1, -0.05) is 32.0 Å². The molecule has 1 atom stereocenters. The number of para-hydroxylation sites is 1. The Morgan fingerprint density at radius 2 is 1.68 bits per heavy atom. The molecule has 2 amide bonds. The molecule has 0 spiro atoms. The monoisotopic (exact) mass is 463 g/mol. The number of methoxy groups -OCH3 is 2. The van der Waals surface area contributed by atoms with Crippen LogP contribution in [0.5, 0.6) is 11.5 Å². The summed E-state index contributed by atoms with van der Waals surface area (Å²) in [6, 6.07) is 12.7. The zero-order chi connectivity index (χ0) is 24.2. The average Bonchev–Trinajstić information content (AvgIpc) is 3.30. The second-order valence-electron chi connectivity index (χ2n) is 9.19. The highest BCUT2D eigenvalue weighted by molar-refractivity contribution is 5.98. The van der Waals surface area contributed by atoms with Crippen LogP contribution in [0.25, 0.3) is 10.9 Å². The number of nitrogens with one attached hydrogen (secondary N) is 2. The van der Waals surface area contributed by atoms with Crippen molar-refractivity contribution in [1.29, 1.82) is 0 Å². The topological polar surface area (TPSA) is 83.7 Å². The highest BCUT2D eigenvalue weighted by Crippen LogP contribution is 2.33. The summed E-state index contributed by atoms with van der Waals surface area (Å²) in [6.07, 6.45) is 3.91. The van der Waals surface area contributed by atoms with Gasteiger partial charge < -0.3 is 24.7 Å². The number of likely N-dealkylation sites (tertiary alicyclic amines) is 1. The van der Waals surface area contributed by atoms with Gasteiger partial charge in [-0.2, -0.15) is 0 Å². The van der Waals surface area contributed by atoms with Crippen LogP contribution in [0.15, 0.2) is 48.7 Å². The van der Waals surface area contributed by atoms with Crippen LogP contribution >= 0.6 is 0 Å². The number of piperidine rings is 1. The van der Waals surface area contributed by atoms with E-state index in [-0.39, 0.29) is 17.7 Å². The molecule has 1 unspecified atom stereocenters. The van der Waals surface area contributed by atoms with Crippen LogP contribution in [-0.2, 0) is 4.79 Å². The highest BCUT2D eigenvalue weighted by Gasteiger charge is 2.32. The van der Waals surface area contributed by atoms with Crippen molar-refractivity contribution in [2.45, 2.75) is 38.6 Å². The molecule has 1 saturated heterocycles. The maximum atomic E-state index is 13.4. The SMILES string of the molecule is COc1cc(OC)cc(C(=O)NC(C(=O)N2CCC(c3c[nH]c4ccccc34)CC2)C(C)C)c1. The summed E-state index contributed by atoms with van der Waals surface area (Å²) in [5.41, 5.74) is 2.86. The number of carbonyl (C=O) groups excluding carboxylic acids is 2. The molecule has 2 aromatic carbocycles. The minimum atomic E-state index is -0.602. The molecule has 0 bridgehead atoms. The van der Waals surface area contributed by atoms with E-state index in [0.717, 1.165) is 18.4 Å². The summed E-state index contributed by atoms with van der Waals surface area (Å²) in [6.45, 7) is 5.26. The molecule has 3 aromatic rings. The largest absolute Gasteiger partial charge is 0.497 e. The molecular formula is C27H33N3O4. The summed E-state index contributed by atoms with van der Waals surface area (Å²) in [4.78, 5) is 31.7. The van der Waals surface area contributed by atoms with E-state index in [1.165, 1.54) is 25.2 Å². The van der Waals surface area contributed by atoms with Crippen LogP contribution < -0.4 is 14.8 Å². The van der Waals surface area contributed by atoms with Gasteiger partial charge in [-0.15, -0.1) is 0 Å². The third-order valence-corrected chi connectivity index (χ3v) is 6.70. The maximum Gasteiger partial charge on any atom is 0.252 e. The van der Waals surface area contributed by atoms with Gasteiger partial charge in [-0.05, 0) is 48.4 Å². The van der Waals surface area contributed by atoms with E-state index in [1.54, 1.807) is 18.2 Å². The first-order valence-corrected chi connectivity index (χ1v) is 11.8. The average molecular weight is 464 g/mol. The number of rotatable bonds is 7. The Morgan fingerprint density at radius 3 is 2.29 bits per heavy atom. The summed E-state index contributed by atoms with van der Waals surface area (Å²) in [7, 11) is 3.08. The van der Waals surface area contributed by atoms with Crippen LogP contribution in [0.1, 0.15) is 48.5 Å². The third-order valence-electron chi connectivity index (χ3n) is 6.70. The lowest BCUT2D eigenvalue weighted by molar-refractivity contribution is -0.135. The van der Waals surface area contributed by atoms with Crippen molar-refractivity contribution in [3.05, 3.63) is 59.8 Å². The highest BCUT2D eigenvalue weighted by atomic mass is 16.5. The molecule has 0 aliphatic carbocycles. The summed E-state index contributed by atoms with van der Waals surface area (Å²) in [5, 5.41) is 4.21. The minimum Gasteiger partial charge on any atom is -0.497 e. The first kappa shape index (κ1) is 23.7. The first-order chi connectivity index (χ1) is 16.4. The van der Waals surface area contributed by atoms with Crippen LogP contribution in [0.3, 0.4) is 0 Å². The van der Waals surface area contributed by atoms with Crippen LogP contribution in [0.2, 0.25) is 0 Å². The van der Waals surface area contributed by atoms with E-state index < -0.39 is 6.04 Å². The second-order valence-corrected chi connectivity index (χ2v) is 9.19. The Morgan fingerprint density at radius 1 is 1.03 bits per heavy atom. The standard InChI is InChI=1S/C27H33N3O4/c1-17(2)25(29-26(31)19-13-20(33-3)15-21(14-19)34-4)27(32)30-11-9-18(10-12-30)23-16-28-24-8-6-5-7-22(23)24/h5-8,13-18,25,28H,9-12H2,1-4H3,(H,29,31). The lowest BCUT2D eigenvalue weighted by Gasteiger charge is -2.35. The molecule has 34 heavy (non-hydrogen) atoms. The van der Waals surface area contributed by atoms with Gasteiger partial charge in [-0.25, -0.2) is 0 Å². The molecule has 0 saturated carbocycles. The maximum absolute atomic E-state index is 13.4. The van der Waals surface area contributed by atoms with Crippen molar-refractivity contribution in [1.82, 2.24) is 15.2 Å². The van der Waals surface area contributed by atoms with Gasteiger partial charge >= 0.3 is 0 Å². The number of hydrogen-bond acceptors (Lipinski definition) is 4. The fourth-order valence-corrected chi connectivity index (χ4v) is 4.72. The molecule has 7 nitrogen and oxygen atoms in total. The van der Waals surface area contributed by atoms with Crippen molar-refractivity contribution in [2.24, 2.45) is 5.92 Å². The van der Waals surface area contributed by atoms with E-state index in [9.17, 15) is 9.59 Å². The Labute approximate surface area is 200 Å². The molecule has 180 valence electrons. The number of nitrogens with zero attached hydrogens (tertiary/aromatic N) is 1. The third kappa shape index (κ3) is 4.88. The number of benzene rings is 2. The summed E-state index contributed by atoms with van der Waals surface area (Å²) >= 11 is 0. The van der Waals surface area contributed by atoms with Gasteiger partial charge in [0.1, 0.15) is 17.5 Å². The van der Waals surface area contributed by atoms with Crippen molar-refractivity contribution in [2.75, 3.05) is 27.3 Å². The summed E-state index contributed by atoms with van der Waals surface area (Å²) in [5.74, 6) is 1.06. The lowest BCUT2D eigenvalue weighted by Crippen LogP contribution is -2.52. The Kier molecular flexibility index (Phi) is 7.10. The summed E-state index contributed by atoms with van der Waals surface area (Å²) < 4.78 is 10.5. The number of amides is 2. The van der Waals surface area contributed by atoms with Gasteiger partial charge in [-0.3, -0.25) is 9.59 Å². The Hall–Kier alpha value is -3.48. The fourth-order valence-electron chi connectivity index (χ4n) is 4.72. The normalized spacial score (nSPS) is 15.4. The van der Waals surface area contributed by atoms with Gasteiger partial charge in [0.15, 0.2) is 0 Å². The van der Waals surface area contributed by atoms with Gasteiger partial charge in [0, 0.05) is 41.8 Å². The van der Waals surface area contributed by atoms with Crippen LogP contribution in [-0.4, -0.2) is 55.0 Å². The zero-order valence-corrected chi connectivity index (χ0v) is 20.3. The number of aromatic nitrogens is 1. The molecule has 0 radical (unpaired) electrons. The van der Waals surface area contributed by atoms with Crippen molar-refractivity contribution in [3.8, 4) is 11.5 Å². The van der Waals surface area contributed by atoms with E-state index >= 15 is 0 Å². The number of hydrogen-bond donors (Lipinski definition) is 2. The van der Waals surface area contributed by atoms with Crippen LogP contribution in [0, 0.1) is 5.92 Å². The molecule has 1 aliphatic heterocycles. The lowest BCUT2D eigenvalue weighted by atomic mass is 9.88. The predicted molar refractivity (Wildman–Crippen MR) is 132 cm³/mol. The van der Waals surface area contributed by atoms with E-state index in [2.05, 4.69) is 34.7 Å². The molecule has 1 fully saturated rings. The number of H-pyrrole nitrogens is 1. The number of aromatic amines is 1. The molecule has 2 heterocycles. The Balaban J connectivity index is 1.43.